The van der Waals surface area contributed by atoms with Crippen molar-refractivity contribution in [1.29, 1.82) is 0 Å². The van der Waals surface area contributed by atoms with Gasteiger partial charge in [0, 0.05) is 36.0 Å². The average molecular weight is 427 g/mol. The van der Waals surface area contributed by atoms with Crippen LogP contribution in [0, 0.1) is 6.92 Å². The topological polar surface area (TPSA) is 76.9 Å². The van der Waals surface area contributed by atoms with Gasteiger partial charge in [0.15, 0.2) is 0 Å². The maximum Gasteiger partial charge on any atom is 0.258 e. The molecule has 0 spiro atoms. The molecule has 0 saturated heterocycles. The second kappa shape index (κ2) is 9.56. The van der Waals surface area contributed by atoms with E-state index < -0.39 is 0 Å². The molecule has 0 unspecified atom stereocenters. The van der Waals surface area contributed by atoms with E-state index >= 15 is 0 Å². The van der Waals surface area contributed by atoms with Crippen LogP contribution in [0.1, 0.15) is 37.3 Å². The molecule has 0 bridgehead atoms. The third-order valence-electron chi connectivity index (χ3n) is 5.45. The average Bonchev–Trinajstić information content (AvgIpc) is 2.81. The highest BCUT2D eigenvalue weighted by Gasteiger charge is 2.08. The number of anilines is 1. The van der Waals surface area contributed by atoms with Crippen molar-refractivity contribution in [2.24, 2.45) is 0 Å². The maximum atomic E-state index is 13.1. The van der Waals surface area contributed by atoms with Crippen LogP contribution >= 0.6 is 0 Å². The Balaban J connectivity index is 1.58. The number of hydrogen-bond acceptors (Lipinski definition) is 4. The number of fused-ring (bicyclic) bond motifs is 1. The van der Waals surface area contributed by atoms with E-state index in [0.717, 1.165) is 34.9 Å². The van der Waals surface area contributed by atoms with Gasteiger partial charge in [0.1, 0.15) is 0 Å². The summed E-state index contributed by atoms with van der Waals surface area (Å²) in [7, 11) is 0. The van der Waals surface area contributed by atoms with E-state index in [0.29, 0.717) is 18.4 Å². The molecule has 2 aromatic carbocycles. The number of benzene rings is 2. The van der Waals surface area contributed by atoms with Crippen LogP contribution in [0.15, 0.2) is 71.9 Å². The van der Waals surface area contributed by atoms with Crippen molar-refractivity contribution in [3.05, 3.63) is 88.6 Å². The summed E-state index contributed by atoms with van der Waals surface area (Å²) in [6.07, 6.45) is 7.42. The number of nitrogens with zero attached hydrogens (tertiary/aromatic N) is 3. The van der Waals surface area contributed by atoms with Gasteiger partial charge >= 0.3 is 0 Å². The van der Waals surface area contributed by atoms with Gasteiger partial charge in [-0.15, -0.1) is 0 Å². The third-order valence-corrected chi connectivity index (χ3v) is 5.45. The van der Waals surface area contributed by atoms with Gasteiger partial charge < -0.3 is 4.57 Å². The van der Waals surface area contributed by atoms with Crippen molar-refractivity contribution < 1.29 is 4.79 Å². The molecule has 0 atom stereocenters. The fourth-order valence-electron chi connectivity index (χ4n) is 3.54. The van der Waals surface area contributed by atoms with Gasteiger partial charge in [0.25, 0.3) is 5.56 Å². The minimum absolute atomic E-state index is 0.0364. The summed E-state index contributed by atoms with van der Waals surface area (Å²) in [6.45, 7) is 4.61. The fourth-order valence-corrected chi connectivity index (χ4v) is 3.54. The van der Waals surface area contributed by atoms with E-state index in [2.05, 4.69) is 27.4 Å². The zero-order valence-corrected chi connectivity index (χ0v) is 18.3. The van der Waals surface area contributed by atoms with Gasteiger partial charge in [0.05, 0.1) is 6.54 Å². The van der Waals surface area contributed by atoms with Gasteiger partial charge in [0.2, 0.25) is 11.9 Å². The molecule has 1 amide bonds. The second-order valence-electron chi connectivity index (χ2n) is 7.98. The molecule has 0 aliphatic rings. The molecule has 0 saturated carbocycles. The number of rotatable bonds is 7. The Labute approximate surface area is 187 Å². The number of carbonyl (C=O) groups excluding carboxylic acids is 1. The quantitative estimate of drug-likeness (QED) is 0.454. The molecule has 6 heteroatoms. The van der Waals surface area contributed by atoms with Crippen molar-refractivity contribution in [3.63, 3.8) is 0 Å². The van der Waals surface area contributed by atoms with E-state index in [1.54, 1.807) is 17.0 Å². The molecule has 6 nitrogen and oxygen atoms in total. The molecule has 0 aliphatic heterocycles. The van der Waals surface area contributed by atoms with Crippen LogP contribution in [0.5, 0.6) is 0 Å². The van der Waals surface area contributed by atoms with Crippen LogP contribution in [-0.2, 0) is 11.3 Å². The number of unbranched alkanes of at least 4 members (excludes halogenated alkanes) is 1. The van der Waals surface area contributed by atoms with Gasteiger partial charge in [-0.05, 0) is 42.0 Å². The Morgan fingerprint density at radius 2 is 1.75 bits per heavy atom. The summed E-state index contributed by atoms with van der Waals surface area (Å²) in [5, 5.41) is 4.25. The predicted molar refractivity (Wildman–Crippen MR) is 128 cm³/mol. The lowest BCUT2D eigenvalue weighted by molar-refractivity contribution is -0.116. The van der Waals surface area contributed by atoms with Crippen molar-refractivity contribution in [3.8, 4) is 11.1 Å². The second-order valence-corrected chi connectivity index (χ2v) is 7.98. The summed E-state index contributed by atoms with van der Waals surface area (Å²) in [5.41, 5.74) is 3.88. The minimum atomic E-state index is -0.0839. The van der Waals surface area contributed by atoms with Crippen molar-refractivity contribution in [2.45, 2.75) is 39.7 Å². The molecule has 32 heavy (non-hydrogen) atoms. The van der Waals surface area contributed by atoms with Gasteiger partial charge in [-0.25, -0.2) is 9.97 Å². The Hall–Kier alpha value is -3.80. The summed E-state index contributed by atoms with van der Waals surface area (Å²) >= 11 is 0. The molecule has 0 fully saturated rings. The molecule has 2 heterocycles. The number of aromatic nitrogens is 3. The number of nitrogens with one attached hydrogen (secondary N) is 1. The van der Waals surface area contributed by atoms with Crippen LogP contribution in [0.4, 0.5) is 5.95 Å². The summed E-state index contributed by atoms with van der Waals surface area (Å²) < 4.78 is 1.72. The molecule has 4 rings (SSSR count). The number of pyridine rings is 1. The van der Waals surface area contributed by atoms with E-state index in [9.17, 15) is 9.59 Å². The van der Waals surface area contributed by atoms with Gasteiger partial charge in [-0.3, -0.25) is 14.9 Å². The van der Waals surface area contributed by atoms with Crippen molar-refractivity contribution in [1.82, 2.24) is 14.5 Å². The largest absolute Gasteiger partial charge is 0.311 e. The lowest BCUT2D eigenvalue weighted by atomic mass is 10.0. The third kappa shape index (κ3) is 4.91. The number of hydrogen-bond donors (Lipinski definition) is 1. The first-order chi connectivity index (χ1) is 15.5. The van der Waals surface area contributed by atoms with Crippen LogP contribution in [-0.4, -0.2) is 20.4 Å². The van der Waals surface area contributed by atoms with Crippen molar-refractivity contribution >= 4 is 22.6 Å². The molecular formula is C26H26N4O2. The lowest BCUT2D eigenvalue weighted by Gasteiger charge is -2.09. The SMILES string of the molecule is CCCCC(=O)Nc1ncc(-c2ccc3ccn(Cc4ccc(C)cc4)c(=O)c3c2)cn1. The Morgan fingerprint density at radius 1 is 1.00 bits per heavy atom. The smallest absolute Gasteiger partial charge is 0.258 e. The van der Waals surface area contributed by atoms with Crippen LogP contribution in [0.3, 0.4) is 0 Å². The van der Waals surface area contributed by atoms with Crippen molar-refractivity contribution in [2.75, 3.05) is 5.32 Å². The number of carbonyl (C=O) groups is 1. The fraction of sp³-hybridized carbons (Fsp3) is 0.231. The highest BCUT2D eigenvalue weighted by Crippen LogP contribution is 2.22. The number of aryl methyl sites for hydroxylation is 1. The molecule has 162 valence electrons. The number of amides is 1. The van der Waals surface area contributed by atoms with Crippen LogP contribution < -0.4 is 10.9 Å². The molecule has 0 radical (unpaired) electrons. The van der Waals surface area contributed by atoms with Crippen LogP contribution in [0.2, 0.25) is 0 Å². The normalized spacial score (nSPS) is 10.9. The lowest BCUT2D eigenvalue weighted by Crippen LogP contribution is -2.20. The van der Waals surface area contributed by atoms with E-state index in [1.807, 2.05) is 56.4 Å². The zero-order chi connectivity index (χ0) is 22.5. The monoisotopic (exact) mass is 426 g/mol. The first-order valence-electron chi connectivity index (χ1n) is 10.8. The summed E-state index contributed by atoms with van der Waals surface area (Å²) in [5.74, 6) is 0.204. The molecule has 0 aliphatic carbocycles. The first-order valence-corrected chi connectivity index (χ1v) is 10.8. The molecular weight excluding hydrogens is 400 g/mol. The summed E-state index contributed by atoms with van der Waals surface area (Å²) in [6, 6.07) is 15.9. The molecule has 4 aromatic rings. The standard InChI is InChI=1S/C26H26N4O2/c1-3-4-5-24(31)29-26-27-15-22(16-28-26)21-11-10-20-12-13-30(25(32)23(20)14-21)17-19-8-6-18(2)7-9-19/h6-16H,3-5,17H2,1-2H3,(H,27,28,29,31). The van der Waals surface area contributed by atoms with Gasteiger partial charge in [-0.2, -0.15) is 0 Å². The van der Waals surface area contributed by atoms with E-state index in [1.165, 1.54) is 5.56 Å². The highest BCUT2D eigenvalue weighted by atomic mass is 16.1. The first kappa shape index (κ1) is 21.4. The molecule has 2 aromatic heterocycles. The van der Waals surface area contributed by atoms with E-state index in [-0.39, 0.29) is 17.4 Å². The zero-order valence-electron chi connectivity index (χ0n) is 18.3. The molecule has 1 N–H and O–H groups in total. The van der Waals surface area contributed by atoms with E-state index in [4.69, 9.17) is 0 Å². The Morgan fingerprint density at radius 3 is 2.47 bits per heavy atom. The highest BCUT2D eigenvalue weighted by molar-refractivity contribution is 5.89. The summed E-state index contributed by atoms with van der Waals surface area (Å²) in [4.78, 5) is 33.5. The Kier molecular flexibility index (Phi) is 6.40. The predicted octanol–water partition coefficient (Wildman–Crippen LogP) is 4.94. The van der Waals surface area contributed by atoms with Crippen LogP contribution in [0.25, 0.3) is 21.9 Å². The maximum absolute atomic E-state index is 13.1. The van der Waals surface area contributed by atoms with Gasteiger partial charge in [-0.1, -0.05) is 55.3 Å². The Bertz CT molecular complexity index is 1290. The minimum Gasteiger partial charge on any atom is -0.311 e.